The van der Waals surface area contributed by atoms with Gasteiger partial charge in [-0.25, -0.2) is 0 Å². The number of rotatable bonds is 5. The van der Waals surface area contributed by atoms with Crippen LogP contribution in [0, 0.1) is 11.3 Å². The zero-order valence-corrected chi connectivity index (χ0v) is 19.1. The van der Waals surface area contributed by atoms with E-state index in [2.05, 4.69) is 97.9 Å². The molecular formula is C30H32N2. The predicted molar refractivity (Wildman–Crippen MR) is 137 cm³/mol. The monoisotopic (exact) mass is 420 g/mol. The van der Waals surface area contributed by atoms with Gasteiger partial charge in [0.15, 0.2) is 0 Å². The molecule has 3 aromatic rings. The Hall–Kier alpha value is -3.13. The van der Waals surface area contributed by atoms with Gasteiger partial charge in [-0.15, -0.1) is 0 Å². The molecule has 162 valence electrons. The normalized spacial score (nSPS) is 18.2. The fraction of sp³-hybridized carbons (Fsp3) is 0.300. The lowest BCUT2D eigenvalue weighted by atomic mass is 9.77. The second-order valence-electron chi connectivity index (χ2n) is 9.44. The summed E-state index contributed by atoms with van der Waals surface area (Å²) in [4.78, 5) is 2.15. The molecule has 2 aliphatic rings. The van der Waals surface area contributed by atoms with E-state index in [4.69, 9.17) is 0 Å². The molecule has 1 saturated carbocycles. The van der Waals surface area contributed by atoms with E-state index in [0.717, 1.165) is 24.1 Å². The van der Waals surface area contributed by atoms with Gasteiger partial charge < -0.3 is 10.3 Å². The summed E-state index contributed by atoms with van der Waals surface area (Å²) < 4.78 is 0. The third-order valence-electron chi connectivity index (χ3n) is 7.20. The van der Waals surface area contributed by atoms with Gasteiger partial charge in [-0.3, -0.25) is 0 Å². The molecule has 32 heavy (non-hydrogen) atoms. The summed E-state index contributed by atoms with van der Waals surface area (Å²) in [6.07, 6.45) is 8.45. The predicted octanol–water partition coefficient (Wildman–Crippen LogP) is 7.39. The van der Waals surface area contributed by atoms with Crippen LogP contribution in [0.1, 0.15) is 65.8 Å². The molecule has 2 nitrogen and oxygen atoms in total. The molecule has 0 spiro atoms. The lowest BCUT2D eigenvalue weighted by molar-refractivity contribution is 0.438. The number of nitrogens with one attached hydrogen (secondary N) is 1. The van der Waals surface area contributed by atoms with Crippen LogP contribution in [0.2, 0.25) is 0 Å². The van der Waals surface area contributed by atoms with Gasteiger partial charge in [0.25, 0.3) is 0 Å². The molecule has 1 atom stereocenters. The Morgan fingerprint density at radius 1 is 0.812 bits per heavy atom. The van der Waals surface area contributed by atoms with Crippen molar-refractivity contribution in [3.8, 4) is 0 Å². The lowest BCUT2D eigenvalue weighted by Gasteiger charge is -2.28. The Kier molecular flexibility index (Phi) is 5.70. The Labute approximate surface area is 192 Å². The van der Waals surface area contributed by atoms with Crippen LogP contribution < -0.4 is 4.90 Å². The highest BCUT2D eigenvalue weighted by Gasteiger charge is 2.31. The van der Waals surface area contributed by atoms with E-state index in [1.807, 2.05) is 0 Å². The molecule has 0 heterocycles. The molecule has 5 rings (SSSR count). The van der Waals surface area contributed by atoms with Crippen molar-refractivity contribution in [1.82, 2.24) is 0 Å². The number of benzene rings is 3. The third-order valence-corrected chi connectivity index (χ3v) is 7.20. The SMILES string of the molecule is CN(C)c1ccc(C2C(c3ccccc3)=Cc3ccccc32)c(C(=N)C2CCCCC2)c1. The number of anilines is 1. The molecule has 1 fully saturated rings. The zero-order valence-electron chi connectivity index (χ0n) is 19.1. The third kappa shape index (κ3) is 3.79. The van der Waals surface area contributed by atoms with Gasteiger partial charge in [0.2, 0.25) is 0 Å². The highest BCUT2D eigenvalue weighted by Crippen LogP contribution is 2.47. The number of nitrogens with zero attached hydrogens (tertiary/aromatic N) is 1. The number of hydrogen-bond donors (Lipinski definition) is 1. The summed E-state index contributed by atoms with van der Waals surface area (Å²) in [6.45, 7) is 0. The minimum absolute atomic E-state index is 0.156. The molecule has 0 bridgehead atoms. The standard InChI is InChI=1S/C30H32N2/c1-32(2)24-17-18-26(28(20-24)30(31)22-13-7-4-8-14-22)29-25-16-10-9-15-23(25)19-27(29)21-11-5-3-6-12-21/h3,5-6,9-12,15-20,22,29,31H,4,7-8,13-14H2,1-2H3. The highest BCUT2D eigenvalue weighted by molar-refractivity contribution is 6.04. The van der Waals surface area contributed by atoms with E-state index < -0.39 is 0 Å². The second-order valence-corrected chi connectivity index (χ2v) is 9.44. The summed E-state index contributed by atoms with van der Waals surface area (Å²) in [6, 6.07) is 26.3. The van der Waals surface area contributed by atoms with Crippen LogP contribution in [0.5, 0.6) is 0 Å². The van der Waals surface area contributed by atoms with Crippen LogP contribution in [0.15, 0.2) is 72.8 Å². The molecule has 1 unspecified atom stereocenters. The first-order valence-corrected chi connectivity index (χ1v) is 11.9. The maximum Gasteiger partial charge on any atom is 0.0420 e. The van der Waals surface area contributed by atoms with Crippen molar-refractivity contribution >= 4 is 23.0 Å². The molecule has 0 aromatic heterocycles. The maximum absolute atomic E-state index is 9.28. The van der Waals surface area contributed by atoms with Crippen molar-refractivity contribution < 1.29 is 0 Å². The Morgan fingerprint density at radius 3 is 2.28 bits per heavy atom. The molecule has 0 radical (unpaired) electrons. The first kappa shape index (κ1) is 20.8. The molecular weight excluding hydrogens is 388 g/mol. The summed E-state index contributed by atoms with van der Waals surface area (Å²) in [5.41, 5.74) is 9.64. The first-order valence-electron chi connectivity index (χ1n) is 11.9. The zero-order chi connectivity index (χ0) is 22.1. The van der Waals surface area contributed by atoms with Crippen LogP contribution in [0.4, 0.5) is 5.69 Å². The van der Waals surface area contributed by atoms with E-state index in [1.165, 1.54) is 52.8 Å². The number of allylic oxidation sites excluding steroid dienone is 1. The fourth-order valence-corrected chi connectivity index (χ4v) is 5.46. The largest absolute Gasteiger partial charge is 0.378 e. The maximum atomic E-state index is 9.28. The van der Waals surface area contributed by atoms with E-state index >= 15 is 0 Å². The average molecular weight is 421 g/mol. The van der Waals surface area contributed by atoms with Crippen LogP contribution in [-0.2, 0) is 0 Å². The molecule has 0 amide bonds. The van der Waals surface area contributed by atoms with Crippen LogP contribution >= 0.6 is 0 Å². The van der Waals surface area contributed by atoms with Gasteiger partial charge in [0.1, 0.15) is 0 Å². The van der Waals surface area contributed by atoms with Gasteiger partial charge in [0, 0.05) is 42.9 Å². The van der Waals surface area contributed by atoms with Crippen LogP contribution in [0.3, 0.4) is 0 Å². The average Bonchev–Trinajstić information content (AvgIpc) is 3.24. The van der Waals surface area contributed by atoms with Crippen molar-refractivity contribution in [2.45, 2.75) is 38.0 Å². The smallest absolute Gasteiger partial charge is 0.0420 e. The quantitative estimate of drug-likeness (QED) is 0.428. The first-order chi connectivity index (χ1) is 15.6. The van der Waals surface area contributed by atoms with Crippen molar-refractivity contribution in [3.05, 3.63) is 101 Å². The van der Waals surface area contributed by atoms with E-state index in [-0.39, 0.29) is 5.92 Å². The second kappa shape index (κ2) is 8.78. The van der Waals surface area contributed by atoms with Crippen molar-refractivity contribution in [3.63, 3.8) is 0 Å². The number of hydrogen-bond acceptors (Lipinski definition) is 2. The van der Waals surface area contributed by atoms with Gasteiger partial charge in [-0.1, -0.05) is 79.9 Å². The van der Waals surface area contributed by atoms with Crippen molar-refractivity contribution in [1.29, 1.82) is 5.41 Å². The summed E-state index contributed by atoms with van der Waals surface area (Å²) in [5, 5.41) is 9.28. The molecule has 3 aromatic carbocycles. The molecule has 2 heteroatoms. The molecule has 0 saturated heterocycles. The van der Waals surface area contributed by atoms with Crippen LogP contribution in [0.25, 0.3) is 11.6 Å². The van der Waals surface area contributed by atoms with E-state index in [9.17, 15) is 5.41 Å². The lowest BCUT2D eigenvalue weighted by Crippen LogP contribution is -2.21. The topological polar surface area (TPSA) is 27.1 Å². The Morgan fingerprint density at radius 2 is 1.53 bits per heavy atom. The molecule has 0 aliphatic heterocycles. The van der Waals surface area contributed by atoms with Crippen molar-refractivity contribution in [2.24, 2.45) is 5.92 Å². The van der Waals surface area contributed by atoms with Gasteiger partial charge >= 0.3 is 0 Å². The summed E-state index contributed by atoms with van der Waals surface area (Å²) in [5.74, 6) is 0.532. The van der Waals surface area contributed by atoms with Crippen LogP contribution in [-0.4, -0.2) is 19.8 Å². The van der Waals surface area contributed by atoms with Gasteiger partial charge in [0.05, 0.1) is 0 Å². The highest BCUT2D eigenvalue weighted by atomic mass is 15.1. The Balaban J connectivity index is 1.67. The van der Waals surface area contributed by atoms with E-state index in [0.29, 0.717) is 5.92 Å². The molecule has 2 aliphatic carbocycles. The Bertz CT molecular complexity index is 1150. The molecule has 1 N–H and O–H groups in total. The van der Waals surface area contributed by atoms with Gasteiger partial charge in [-0.05, 0) is 58.9 Å². The minimum Gasteiger partial charge on any atom is -0.378 e. The summed E-state index contributed by atoms with van der Waals surface area (Å²) in [7, 11) is 4.17. The van der Waals surface area contributed by atoms with Gasteiger partial charge in [-0.2, -0.15) is 0 Å². The number of fused-ring (bicyclic) bond motifs is 1. The minimum atomic E-state index is 0.156. The van der Waals surface area contributed by atoms with E-state index in [1.54, 1.807) is 0 Å². The fourth-order valence-electron chi connectivity index (χ4n) is 5.46. The summed E-state index contributed by atoms with van der Waals surface area (Å²) >= 11 is 0. The van der Waals surface area contributed by atoms with Crippen molar-refractivity contribution in [2.75, 3.05) is 19.0 Å².